The molecule has 2 atom stereocenters. The predicted molar refractivity (Wildman–Crippen MR) is 85.8 cm³/mol. The van der Waals surface area contributed by atoms with Crippen LogP contribution in [0.4, 0.5) is 0 Å². The Morgan fingerprint density at radius 3 is 2.57 bits per heavy atom. The van der Waals surface area contributed by atoms with Crippen LogP contribution in [0.5, 0.6) is 0 Å². The fraction of sp³-hybridized carbons (Fsp3) is 0.312. The molecule has 1 heterocycles. The molecule has 1 aliphatic carbocycles. The van der Waals surface area contributed by atoms with E-state index in [4.69, 9.17) is 23.2 Å². The summed E-state index contributed by atoms with van der Waals surface area (Å²) in [5.74, 6) is -2.08. The maximum atomic E-state index is 12.4. The molecule has 3 amide bonds. The topological polar surface area (TPSA) is 66.5 Å². The first-order valence-corrected chi connectivity index (χ1v) is 7.93. The van der Waals surface area contributed by atoms with Crippen LogP contribution in [0.2, 0.25) is 10.0 Å². The SMILES string of the molecule is CC1=CC[C@@H]2C(=O)N(NC(=O)c3ccc(Cl)c(Cl)c3)C(=O)[C@@H]2C1. The van der Waals surface area contributed by atoms with Crippen LogP contribution in [-0.4, -0.2) is 22.7 Å². The van der Waals surface area contributed by atoms with Crippen LogP contribution < -0.4 is 5.43 Å². The number of nitrogens with zero attached hydrogens (tertiary/aromatic N) is 1. The Hall–Kier alpha value is -1.85. The van der Waals surface area contributed by atoms with Crippen LogP contribution >= 0.6 is 23.2 Å². The number of halogens is 2. The third-order valence-electron chi connectivity index (χ3n) is 4.22. The van der Waals surface area contributed by atoms with Crippen LogP contribution in [0.25, 0.3) is 0 Å². The van der Waals surface area contributed by atoms with Crippen molar-refractivity contribution in [1.29, 1.82) is 0 Å². The first-order valence-electron chi connectivity index (χ1n) is 7.18. The molecule has 0 saturated carbocycles. The lowest BCUT2D eigenvalue weighted by atomic mass is 9.82. The molecule has 0 spiro atoms. The molecule has 1 saturated heterocycles. The Morgan fingerprint density at radius 1 is 1.17 bits per heavy atom. The summed E-state index contributed by atoms with van der Waals surface area (Å²) in [5, 5.41) is 1.39. The van der Waals surface area contributed by atoms with Crippen molar-refractivity contribution in [2.24, 2.45) is 11.8 Å². The minimum absolute atomic E-state index is 0.226. The minimum atomic E-state index is -0.575. The van der Waals surface area contributed by atoms with Gasteiger partial charge in [-0.1, -0.05) is 34.9 Å². The maximum absolute atomic E-state index is 12.4. The molecule has 1 aromatic rings. The molecule has 1 N–H and O–H groups in total. The van der Waals surface area contributed by atoms with Crippen molar-refractivity contribution >= 4 is 40.9 Å². The third kappa shape index (κ3) is 2.86. The molecule has 3 rings (SSSR count). The second kappa shape index (κ2) is 5.98. The molecular weight excluding hydrogens is 339 g/mol. The van der Waals surface area contributed by atoms with Crippen molar-refractivity contribution in [3.05, 3.63) is 45.5 Å². The average Bonchev–Trinajstić information content (AvgIpc) is 2.74. The Kier molecular flexibility index (Phi) is 4.17. The summed E-state index contributed by atoms with van der Waals surface area (Å²) in [6.07, 6.45) is 3.05. The normalized spacial score (nSPS) is 23.6. The lowest BCUT2D eigenvalue weighted by Gasteiger charge is -2.18. The van der Waals surface area contributed by atoms with Crippen molar-refractivity contribution in [3.8, 4) is 0 Å². The summed E-state index contributed by atoms with van der Waals surface area (Å²) < 4.78 is 0. The van der Waals surface area contributed by atoms with Crippen molar-refractivity contribution in [2.75, 3.05) is 0 Å². The number of hydrogen-bond acceptors (Lipinski definition) is 3. The molecule has 0 bridgehead atoms. The quantitative estimate of drug-likeness (QED) is 0.657. The zero-order chi connectivity index (χ0) is 16.7. The highest BCUT2D eigenvalue weighted by Gasteiger charge is 2.49. The molecule has 5 nitrogen and oxygen atoms in total. The van der Waals surface area contributed by atoms with E-state index < -0.39 is 5.91 Å². The zero-order valence-corrected chi connectivity index (χ0v) is 13.8. The van der Waals surface area contributed by atoms with Gasteiger partial charge in [-0.2, -0.15) is 5.01 Å². The van der Waals surface area contributed by atoms with Gasteiger partial charge in [-0.15, -0.1) is 0 Å². The number of nitrogens with one attached hydrogen (secondary N) is 1. The van der Waals surface area contributed by atoms with E-state index in [0.717, 1.165) is 10.6 Å². The Bertz CT molecular complexity index is 745. The molecule has 1 aliphatic heterocycles. The summed E-state index contributed by atoms with van der Waals surface area (Å²) in [5.41, 5.74) is 3.70. The molecule has 1 fully saturated rings. The van der Waals surface area contributed by atoms with Gasteiger partial charge in [0.25, 0.3) is 17.7 Å². The number of fused-ring (bicyclic) bond motifs is 1. The van der Waals surface area contributed by atoms with Gasteiger partial charge in [0, 0.05) is 5.56 Å². The number of imide groups is 1. The summed E-state index contributed by atoms with van der Waals surface area (Å²) >= 11 is 11.7. The summed E-state index contributed by atoms with van der Waals surface area (Å²) in [7, 11) is 0. The second-order valence-electron chi connectivity index (χ2n) is 5.78. The molecular formula is C16H14Cl2N2O3. The second-order valence-corrected chi connectivity index (χ2v) is 6.60. The molecule has 1 aromatic carbocycles. The smallest absolute Gasteiger partial charge is 0.270 e. The van der Waals surface area contributed by atoms with Crippen molar-refractivity contribution in [2.45, 2.75) is 19.8 Å². The average molecular weight is 353 g/mol. The molecule has 0 unspecified atom stereocenters. The fourth-order valence-electron chi connectivity index (χ4n) is 2.95. The van der Waals surface area contributed by atoms with Crippen LogP contribution in [0.1, 0.15) is 30.1 Å². The van der Waals surface area contributed by atoms with Gasteiger partial charge in [-0.05, 0) is 38.0 Å². The van der Waals surface area contributed by atoms with Crippen molar-refractivity contribution in [1.82, 2.24) is 10.4 Å². The highest BCUT2D eigenvalue weighted by Crippen LogP contribution is 2.36. The fourth-order valence-corrected chi connectivity index (χ4v) is 3.25. The Morgan fingerprint density at radius 2 is 1.87 bits per heavy atom. The van der Waals surface area contributed by atoms with Gasteiger partial charge < -0.3 is 0 Å². The van der Waals surface area contributed by atoms with E-state index in [1.54, 1.807) is 0 Å². The number of amides is 3. The van der Waals surface area contributed by atoms with E-state index in [-0.39, 0.29) is 34.2 Å². The van der Waals surface area contributed by atoms with E-state index in [0.29, 0.717) is 17.9 Å². The number of carbonyl (C=O) groups is 3. The van der Waals surface area contributed by atoms with Gasteiger partial charge in [0.15, 0.2) is 0 Å². The van der Waals surface area contributed by atoms with Crippen LogP contribution in [0.15, 0.2) is 29.8 Å². The first kappa shape index (κ1) is 16.0. The number of carbonyl (C=O) groups excluding carboxylic acids is 3. The number of hydrogen-bond donors (Lipinski definition) is 1. The lowest BCUT2D eigenvalue weighted by Crippen LogP contribution is -2.46. The molecule has 7 heteroatoms. The zero-order valence-electron chi connectivity index (χ0n) is 12.3. The molecule has 2 aliphatic rings. The monoisotopic (exact) mass is 352 g/mol. The highest BCUT2D eigenvalue weighted by atomic mass is 35.5. The highest BCUT2D eigenvalue weighted by molar-refractivity contribution is 6.42. The minimum Gasteiger partial charge on any atom is -0.272 e. The van der Waals surface area contributed by atoms with E-state index in [9.17, 15) is 14.4 Å². The van der Waals surface area contributed by atoms with Gasteiger partial charge in [0.05, 0.1) is 21.9 Å². The van der Waals surface area contributed by atoms with Crippen molar-refractivity contribution in [3.63, 3.8) is 0 Å². The predicted octanol–water partition coefficient (Wildman–Crippen LogP) is 2.98. The molecule has 120 valence electrons. The summed E-state index contributed by atoms with van der Waals surface area (Å²) in [4.78, 5) is 37.0. The van der Waals surface area contributed by atoms with E-state index in [2.05, 4.69) is 5.43 Å². The van der Waals surface area contributed by atoms with E-state index in [1.165, 1.54) is 18.2 Å². The first-order chi connectivity index (χ1) is 10.9. The molecule has 0 aromatic heterocycles. The van der Waals surface area contributed by atoms with Crippen molar-refractivity contribution < 1.29 is 14.4 Å². The summed E-state index contributed by atoms with van der Waals surface area (Å²) in [6, 6.07) is 4.36. The Labute approximate surface area is 143 Å². The van der Waals surface area contributed by atoms with Gasteiger partial charge in [-0.3, -0.25) is 19.8 Å². The van der Waals surface area contributed by atoms with Gasteiger partial charge >= 0.3 is 0 Å². The van der Waals surface area contributed by atoms with Crippen LogP contribution in [-0.2, 0) is 9.59 Å². The standard InChI is InChI=1S/C16H14Cl2N2O3/c1-8-2-4-10-11(6-8)16(23)20(15(10)22)19-14(21)9-3-5-12(17)13(18)7-9/h2-3,5,7,10-11H,4,6H2,1H3,(H,19,21)/t10-,11+/m0/s1. The largest absolute Gasteiger partial charge is 0.272 e. The molecule has 0 radical (unpaired) electrons. The number of rotatable bonds is 2. The van der Waals surface area contributed by atoms with E-state index in [1.807, 2.05) is 13.0 Å². The van der Waals surface area contributed by atoms with Gasteiger partial charge in [0.1, 0.15) is 0 Å². The Balaban J connectivity index is 1.78. The summed E-state index contributed by atoms with van der Waals surface area (Å²) in [6.45, 7) is 1.94. The van der Waals surface area contributed by atoms with Crippen LogP contribution in [0.3, 0.4) is 0 Å². The maximum Gasteiger partial charge on any atom is 0.270 e. The number of hydrazine groups is 1. The lowest BCUT2D eigenvalue weighted by molar-refractivity contribution is -0.142. The third-order valence-corrected chi connectivity index (χ3v) is 4.96. The van der Waals surface area contributed by atoms with Gasteiger partial charge in [0.2, 0.25) is 0 Å². The van der Waals surface area contributed by atoms with Gasteiger partial charge in [-0.25, -0.2) is 0 Å². The number of benzene rings is 1. The number of allylic oxidation sites excluding steroid dienone is 2. The molecule has 23 heavy (non-hydrogen) atoms. The van der Waals surface area contributed by atoms with E-state index >= 15 is 0 Å². The van der Waals surface area contributed by atoms with Crippen LogP contribution in [0, 0.1) is 11.8 Å².